The zero-order valence-electron chi connectivity index (χ0n) is 15.9. The van der Waals surface area contributed by atoms with Crippen molar-refractivity contribution in [3.63, 3.8) is 0 Å². The number of carbonyl (C=O) groups excluding carboxylic acids is 1. The van der Waals surface area contributed by atoms with Gasteiger partial charge in [-0.3, -0.25) is 9.59 Å². The molecule has 0 radical (unpaired) electrons. The lowest BCUT2D eigenvalue weighted by Gasteiger charge is -2.26. The maximum Gasteiger partial charge on any atom is 0.267 e. The van der Waals surface area contributed by atoms with Crippen LogP contribution in [0.15, 0.2) is 41.3 Å². The lowest BCUT2D eigenvalue weighted by molar-refractivity contribution is 0.0722. The second-order valence-corrected chi connectivity index (χ2v) is 7.88. The summed E-state index contributed by atoms with van der Waals surface area (Å²) in [7, 11) is 0. The molecule has 3 aromatic rings. The van der Waals surface area contributed by atoms with E-state index in [0.717, 1.165) is 72.8 Å². The van der Waals surface area contributed by atoms with Gasteiger partial charge < -0.3 is 9.88 Å². The highest BCUT2D eigenvalue weighted by molar-refractivity contribution is 6.06. The van der Waals surface area contributed by atoms with E-state index in [-0.39, 0.29) is 17.5 Å². The van der Waals surface area contributed by atoms with Crippen LogP contribution in [0.5, 0.6) is 0 Å². The van der Waals surface area contributed by atoms with Crippen molar-refractivity contribution in [2.45, 2.75) is 51.1 Å². The number of nitrogens with zero attached hydrogens (tertiary/aromatic N) is 3. The molecule has 1 fully saturated rings. The molecule has 5 rings (SSSR count). The number of benzene rings is 1. The number of aromatic amines is 1. The SMILES string of the molecule is O=C(c1cccc2[nH]ccc12)N1CCCC1Cn1nc2c(cc1=O)CCCC2. The lowest BCUT2D eigenvalue weighted by Crippen LogP contribution is -2.41. The molecule has 1 saturated heterocycles. The Kier molecular flexibility index (Phi) is 4.26. The van der Waals surface area contributed by atoms with Crippen LogP contribution >= 0.6 is 0 Å². The van der Waals surface area contributed by atoms with E-state index in [9.17, 15) is 9.59 Å². The molecule has 1 aliphatic carbocycles. The topological polar surface area (TPSA) is 71.0 Å². The highest BCUT2D eigenvalue weighted by Crippen LogP contribution is 2.25. The third-order valence-electron chi connectivity index (χ3n) is 6.12. The second-order valence-electron chi connectivity index (χ2n) is 7.88. The van der Waals surface area contributed by atoms with Gasteiger partial charge in [0.05, 0.1) is 18.3 Å². The molecular formula is C22H24N4O2. The smallest absolute Gasteiger partial charge is 0.267 e. The summed E-state index contributed by atoms with van der Waals surface area (Å²) < 4.78 is 1.58. The molecule has 0 saturated carbocycles. The number of hydrogen-bond donors (Lipinski definition) is 1. The average molecular weight is 376 g/mol. The summed E-state index contributed by atoms with van der Waals surface area (Å²) in [4.78, 5) is 30.9. The first kappa shape index (κ1) is 17.2. The fourth-order valence-corrected chi connectivity index (χ4v) is 4.65. The van der Waals surface area contributed by atoms with Gasteiger partial charge in [-0.05, 0) is 62.3 Å². The number of hydrogen-bond acceptors (Lipinski definition) is 3. The number of fused-ring (bicyclic) bond motifs is 2. The van der Waals surface area contributed by atoms with Gasteiger partial charge in [0.25, 0.3) is 11.5 Å². The maximum absolute atomic E-state index is 13.3. The largest absolute Gasteiger partial charge is 0.361 e. The number of likely N-dealkylation sites (tertiary alicyclic amines) is 1. The molecule has 1 unspecified atom stereocenters. The number of rotatable bonds is 3. The Morgan fingerprint density at radius 3 is 3.00 bits per heavy atom. The summed E-state index contributed by atoms with van der Waals surface area (Å²) in [6.45, 7) is 1.20. The van der Waals surface area contributed by atoms with Crippen molar-refractivity contribution in [2.75, 3.05) is 6.54 Å². The Hall–Kier alpha value is -2.89. The van der Waals surface area contributed by atoms with Crippen molar-refractivity contribution in [2.24, 2.45) is 0 Å². The first-order valence-corrected chi connectivity index (χ1v) is 10.2. The highest BCUT2D eigenvalue weighted by Gasteiger charge is 2.31. The van der Waals surface area contributed by atoms with Gasteiger partial charge in [-0.15, -0.1) is 0 Å². The number of H-pyrrole nitrogens is 1. The van der Waals surface area contributed by atoms with E-state index in [2.05, 4.69) is 10.1 Å². The molecule has 2 aliphatic rings. The molecule has 6 heteroatoms. The summed E-state index contributed by atoms with van der Waals surface area (Å²) in [6.07, 6.45) is 7.88. The molecule has 1 N–H and O–H groups in total. The van der Waals surface area contributed by atoms with Crippen molar-refractivity contribution < 1.29 is 4.79 Å². The van der Waals surface area contributed by atoms with Crippen molar-refractivity contribution in [1.82, 2.24) is 19.7 Å². The Morgan fingerprint density at radius 1 is 1.18 bits per heavy atom. The number of carbonyl (C=O) groups is 1. The van der Waals surface area contributed by atoms with Crippen LogP contribution in [-0.2, 0) is 19.4 Å². The molecule has 6 nitrogen and oxygen atoms in total. The maximum atomic E-state index is 13.3. The predicted octanol–water partition coefficient (Wildman–Crippen LogP) is 2.91. The van der Waals surface area contributed by atoms with Crippen molar-refractivity contribution in [3.8, 4) is 0 Å². The van der Waals surface area contributed by atoms with Crippen LogP contribution in [0.3, 0.4) is 0 Å². The van der Waals surface area contributed by atoms with Gasteiger partial charge in [-0.25, -0.2) is 4.68 Å². The number of nitrogens with one attached hydrogen (secondary N) is 1. The third kappa shape index (κ3) is 2.93. The van der Waals surface area contributed by atoms with Gasteiger partial charge in [-0.2, -0.15) is 5.10 Å². The molecule has 0 bridgehead atoms. The van der Waals surface area contributed by atoms with Gasteiger partial charge in [0.15, 0.2) is 0 Å². The molecule has 3 heterocycles. The van der Waals surface area contributed by atoms with Crippen molar-refractivity contribution in [3.05, 3.63) is 63.7 Å². The molecule has 28 heavy (non-hydrogen) atoms. The summed E-state index contributed by atoms with van der Waals surface area (Å²) in [6, 6.07) is 9.48. The monoisotopic (exact) mass is 376 g/mol. The summed E-state index contributed by atoms with van der Waals surface area (Å²) in [5, 5.41) is 5.59. The Balaban J connectivity index is 1.42. The van der Waals surface area contributed by atoms with E-state index < -0.39 is 0 Å². The van der Waals surface area contributed by atoms with E-state index in [1.54, 1.807) is 10.7 Å². The number of aryl methyl sites for hydroxylation is 2. The van der Waals surface area contributed by atoms with Crippen LogP contribution in [-0.4, -0.2) is 38.2 Å². The number of amides is 1. The minimum atomic E-state index is -0.0484. The normalized spacial score (nSPS) is 19.1. The fraction of sp³-hybridized carbons (Fsp3) is 0.409. The van der Waals surface area contributed by atoms with Crippen LogP contribution in [0.1, 0.15) is 47.3 Å². The minimum Gasteiger partial charge on any atom is -0.361 e. The van der Waals surface area contributed by atoms with Crippen molar-refractivity contribution >= 4 is 16.8 Å². The van der Waals surface area contributed by atoms with Gasteiger partial charge in [0, 0.05) is 35.3 Å². The molecule has 144 valence electrons. The van der Waals surface area contributed by atoms with E-state index in [1.165, 1.54) is 0 Å². The van der Waals surface area contributed by atoms with E-state index >= 15 is 0 Å². The van der Waals surface area contributed by atoms with Gasteiger partial charge in [0.2, 0.25) is 0 Å². The molecule has 1 atom stereocenters. The Labute approximate surface area is 163 Å². The first-order valence-electron chi connectivity index (χ1n) is 10.2. The average Bonchev–Trinajstić information content (AvgIpc) is 3.37. The van der Waals surface area contributed by atoms with Gasteiger partial charge >= 0.3 is 0 Å². The zero-order valence-corrected chi connectivity index (χ0v) is 15.9. The van der Waals surface area contributed by atoms with Crippen LogP contribution in [0.25, 0.3) is 10.9 Å². The molecule has 1 aromatic carbocycles. The third-order valence-corrected chi connectivity index (χ3v) is 6.12. The second kappa shape index (κ2) is 6.93. The summed E-state index contributed by atoms with van der Waals surface area (Å²) in [5.74, 6) is 0.0405. The van der Waals surface area contributed by atoms with E-state index in [0.29, 0.717) is 6.54 Å². The molecular weight excluding hydrogens is 352 g/mol. The standard InChI is InChI=1S/C22H24N4O2/c27-21-13-15-5-1-2-8-19(15)24-26(21)14-16-6-4-12-25(16)22(28)18-7-3-9-20-17(18)10-11-23-20/h3,7,9-11,13,16,23H,1-2,4-6,8,12,14H2. The lowest BCUT2D eigenvalue weighted by atomic mass is 9.97. The minimum absolute atomic E-state index is 0.00791. The van der Waals surface area contributed by atoms with E-state index in [4.69, 9.17) is 0 Å². The van der Waals surface area contributed by atoms with Gasteiger partial charge in [0.1, 0.15) is 0 Å². The molecule has 1 aliphatic heterocycles. The molecule has 0 spiro atoms. The Bertz CT molecular complexity index is 1100. The van der Waals surface area contributed by atoms with Gasteiger partial charge in [-0.1, -0.05) is 6.07 Å². The molecule has 2 aromatic heterocycles. The van der Waals surface area contributed by atoms with Crippen molar-refractivity contribution in [1.29, 1.82) is 0 Å². The highest BCUT2D eigenvalue weighted by atomic mass is 16.2. The quantitative estimate of drug-likeness (QED) is 0.764. The first-order chi connectivity index (χ1) is 13.7. The summed E-state index contributed by atoms with van der Waals surface area (Å²) >= 11 is 0. The van der Waals surface area contributed by atoms with Crippen LogP contribution < -0.4 is 5.56 Å². The zero-order chi connectivity index (χ0) is 19.1. The van der Waals surface area contributed by atoms with Crippen LogP contribution in [0.2, 0.25) is 0 Å². The predicted molar refractivity (Wildman–Crippen MR) is 107 cm³/mol. The fourth-order valence-electron chi connectivity index (χ4n) is 4.65. The Morgan fingerprint density at radius 2 is 2.07 bits per heavy atom. The summed E-state index contributed by atoms with van der Waals surface area (Å²) in [5.41, 5.74) is 3.79. The van der Waals surface area contributed by atoms with Crippen LogP contribution in [0.4, 0.5) is 0 Å². The molecule has 1 amide bonds. The number of aromatic nitrogens is 3. The van der Waals surface area contributed by atoms with E-state index in [1.807, 2.05) is 35.4 Å². The van der Waals surface area contributed by atoms with Crippen LogP contribution in [0, 0.1) is 0 Å².